The molecule has 10 nitrogen and oxygen atoms in total. The first-order chi connectivity index (χ1) is 26.3. The maximum absolute atomic E-state index is 14.8. The van der Waals surface area contributed by atoms with Crippen LogP contribution in [0.25, 0.3) is 11.1 Å². The third-order valence-electron chi connectivity index (χ3n) is 10.3. The van der Waals surface area contributed by atoms with Gasteiger partial charge in [0.15, 0.2) is 9.04 Å². The van der Waals surface area contributed by atoms with E-state index in [1.807, 2.05) is 77.1 Å². The zero-order valence-electron chi connectivity index (χ0n) is 35.1. The standard InChI is InChI=1S/C45H64N4O6Si/c1-30(2)38(42(52)49-26-22-36(50)23-27-49)47-41(51)35(28-31-16-18-32(19-17-31)33-20-24-46-25-21-33)29-37(44(3,4)5)39(48-43(53)54-45(6,7)8)40(55-56(9)10)34-14-12-11-13-15-34/h11-21,24-25,30,35,37-40,56H,22-23,26-29H2,1-10H3,(H,47,51)(H,48,53)/t35-,37+,38-,39-,40?/m0/s1. The molecule has 0 spiro atoms. The van der Waals surface area contributed by atoms with Gasteiger partial charge in [-0.2, -0.15) is 0 Å². The first-order valence-corrected chi connectivity index (χ1v) is 22.9. The Bertz CT molecular complexity index is 1730. The Morgan fingerprint density at radius 2 is 1.43 bits per heavy atom. The van der Waals surface area contributed by atoms with Gasteiger partial charge >= 0.3 is 6.09 Å². The van der Waals surface area contributed by atoms with Gasteiger partial charge in [-0.3, -0.25) is 19.4 Å². The predicted octanol–water partition coefficient (Wildman–Crippen LogP) is 7.93. The molecule has 1 saturated heterocycles. The summed E-state index contributed by atoms with van der Waals surface area (Å²) in [7, 11) is -1.68. The molecule has 4 rings (SSSR count). The van der Waals surface area contributed by atoms with Crippen LogP contribution in [0.4, 0.5) is 4.79 Å². The molecule has 3 aromatic rings. The summed E-state index contributed by atoms with van der Waals surface area (Å²) >= 11 is 0. The van der Waals surface area contributed by atoms with E-state index in [1.165, 1.54) is 0 Å². The highest BCUT2D eigenvalue weighted by Crippen LogP contribution is 2.41. The molecule has 2 aromatic carbocycles. The molecule has 0 bridgehead atoms. The lowest BCUT2D eigenvalue weighted by atomic mass is 9.69. The first kappa shape index (κ1) is 44.4. The van der Waals surface area contributed by atoms with Crippen molar-refractivity contribution in [2.24, 2.45) is 23.2 Å². The van der Waals surface area contributed by atoms with Crippen LogP contribution in [0.2, 0.25) is 13.1 Å². The Hall–Kier alpha value is -4.35. The number of amides is 3. The number of nitrogens with one attached hydrogen (secondary N) is 2. The minimum atomic E-state index is -1.68. The molecule has 0 aliphatic carbocycles. The van der Waals surface area contributed by atoms with E-state index in [4.69, 9.17) is 9.16 Å². The van der Waals surface area contributed by atoms with Crippen molar-refractivity contribution in [1.82, 2.24) is 20.5 Å². The molecule has 1 fully saturated rings. The molecule has 0 radical (unpaired) electrons. The van der Waals surface area contributed by atoms with Crippen LogP contribution in [0, 0.1) is 23.2 Å². The second kappa shape index (κ2) is 19.7. The van der Waals surface area contributed by atoms with Gasteiger partial charge in [0.2, 0.25) is 11.8 Å². The van der Waals surface area contributed by atoms with Gasteiger partial charge in [0.05, 0.1) is 12.1 Å². The first-order valence-electron chi connectivity index (χ1n) is 20.1. The van der Waals surface area contributed by atoms with Crippen LogP contribution in [0.3, 0.4) is 0 Å². The maximum Gasteiger partial charge on any atom is 0.407 e. The van der Waals surface area contributed by atoms with Crippen LogP contribution in [-0.2, 0) is 30.0 Å². The SMILES string of the molecule is CC(C)[C@H](NC(=O)[C@@H](Cc1ccc(-c2ccncc2)cc1)C[C@H]([C@H](NC(=O)OC(C)(C)C)C(O[SiH](C)C)c1ccccc1)C(C)(C)C)C(=O)N1CCC(=O)CC1. The number of likely N-dealkylation sites (tertiary alicyclic amines) is 1. The zero-order valence-corrected chi connectivity index (χ0v) is 36.3. The summed E-state index contributed by atoms with van der Waals surface area (Å²) in [5, 5.41) is 6.44. The lowest BCUT2D eigenvalue weighted by Crippen LogP contribution is -2.55. The van der Waals surface area contributed by atoms with Gasteiger partial charge in [0.1, 0.15) is 17.4 Å². The van der Waals surface area contributed by atoms with Gasteiger partial charge < -0.3 is 24.7 Å². The Morgan fingerprint density at radius 1 is 0.839 bits per heavy atom. The van der Waals surface area contributed by atoms with Crippen LogP contribution in [0.1, 0.15) is 91.9 Å². The summed E-state index contributed by atoms with van der Waals surface area (Å²) < 4.78 is 12.7. The molecule has 1 aliphatic heterocycles. The minimum Gasteiger partial charge on any atom is -0.444 e. The number of hydrogen-bond donors (Lipinski definition) is 2. The molecule has 3 amide bonds. The minimum absolute atomic E-state index is 0.148. The van der Waals surface area contributed by atoms with Crippen LogP contribution in [-0.4, -0.2) is 73.4 Å². The van der Waals surface area contributed by atoms with Crippen molar-refractivity contribution in [3.05, 3.63) is 90.3 Å². The number of hydrogen-bond acceptors (Lipinski definition) is 7. The van der Waals surface area contributed by atoms with Crippen LogP contribution in [0.5, 0.6) is 0 Å². The van der Waals surface area contributed by atoms with E-state index in [1.54, 1.807) is 17.3 Å². The maximum atomic E-state index is 14.8. The van der Waals surface area contributed by atoms with Gasteiger partial charge in [0.25, 0.3) is 0 Å². The van der Waals surface area contributed by atoms with Crippen molar-refractivity contribution >= 4 is 32.7 Å². The third-order valence-corrected chi connectivity index (χ3v) is 11.2. The van der Waals surface area contributed by atoms with E-state index < -0.39 is 50.3 Å². The predicted molar refractivity (Wildman–Crippen MR) is 224 cm³/mol. The lowest BCUT2D eigenvalue weighted by Gasteiger charge is -2.43. The summed E-state index contributed by atoms with van der Waals surface area (Å²) in [6.45, 7) is 20.7. The molecule has 1 unspecified atom stereocenters. The monoisotopic (exact) mass is 784 g/mol. The summed E-state index contributed by atoms with van der Waals surface area (Å²) in [4.78, 5) is 60.3. The number of piperidine rings is 1. The van der Waals surface area contributed by atoms with E-state index in [0.717, 1.165) is 22.3 Å². The molecule has 2 N–H and O–H groups in total. The number of carbonyl (C=O) groups is 4. The van der Waals surface area contributed by atoms with E-state index >= 15 is 0 Å². The van der Waals surface area contributed by atoms with Crippen LogP contribution < -0.4 is 10.6 Å². The number of rotatable bonds is 15. The second-order valence-electron chi connectivity index (χ2n) is 17.8. The van der Waals surface area contributed by atoms with E-state index in [0.29, 0.717) is 38.8 Å². The van der Waals surface area contributed by atoms with Gasteiger partial charge in [-0.25, -0.2) is 4.79 Å². The molecule has 5 atom stereocenters. The Kier molecular flexibility index (Phi) is 15.6. The van der Waals surface area contributed by atoms with Gasteiger partial charge in [-0.1, -0.05) is 89.2 Å². The number of alkyl carbamates (subject to hydrolysis) is 1. The Morgan fingerprint density at radius 3 is 1.96 bits per heavy atom. The summed E-state index contributed by atoms with van der Waals surface area (Å²) in [5.74, 6) is -1.31. The number of ketones is 1. The fourth-order valence-electron chi connectivity index (χ4n) is 7.39. The molecule has 56 heavy (non-hydrogen) atoms. The van der Waals surface area contributed by atoms with Crippen molar-refractivity contribution in [3.8, 4) is 11.1 Å². The molecule has 2 heterocycles. The Balaban J connectivity index is 1.78. The van der Waals surface area contributed by atoms with Gasteiger partial charge in [-0.05, 0) is 98.3 Å². The van der Waals surface area contributed by atoms with Gasteiger partial charge in [-0.15, -0.1) is 0 Å². The van der Waals surface area contributed by atoms with Gasteiger partial charge in [0, 0.05) is 44.2 Å². The largest absolute Gasteiger partial charge is 0.444 e. The van der Waals surface area contributed by atoms with Crippen molar-refractivity contribution < 1.29 is 28.3 Å². The molecular weight excluding hydrogens is 721 g/mol. The normalized spacial score (nSPS) is 16.5. The number of nitrogens with zero attached hydrogens (tertiary/aromatic N) is 2. The number of ether oxygens (including phenoxy) is 1. The highest BCUT2D eigenvalue weighted by atomic mass is 28.3. The molecule has 0 saturated carbocycles. The van der Waals surface area contributed by atoms with Crippen LogP contribution in [0.15, 0.2) is 79.1 Å². The van der Waals surface area contributed by atoms with Crippen LogP contribution >= 0.6 is 0 Å². The number of pyridine rings is 1. The molecular formula is C45H64N4O6Si. The van der Waals surface area contributed by atoms with E-state index in [2.05, 4.69) is 73.7 Å². The number of aromatic nitrogens is 1. The summed E-state index contributed by atoms with van der Waals surface area (Å²) in [5.41, 5.74) is 2.83. The average Bonchev–Trinajstić information content (AvgIpc) is 3.13. The zero-order chi connectivity index (χ0) is 41.2. The highest BCUT2D eigenvalue weighted by Gasteiger charge is 2.43. The second-order valence-corrected chi connectivity index (χ2v) is 20.2. The van der Waals surface area contributed by atoms with E-state index in [-0.39, 0.29) is 29.4 Å². The average molecular weight is 785 g/mol. The van der Waals surface area contributed by atoms with Crippen molar-refractivity contribution in [2.75, 3.05) is 13.1 Å². The molecule has 1 aliphatic rings. The molecule has 304 valence electrons. The molecule has 1 aromatic heterocycles. The fraction of sp³-hybridized carbons (Fsp3) is 0.533. The highest BCUT2D eigenvalue weighted by molar-refractivity contribution is 6.48. The van der Waals surface area contributed by atoms with Crippen molar-refractivity contribution in [1.29, 1.82) is 0 Å². The summed E-state index contributed by atoms with van der Waals surface area (Å²) in [6.07, 6.45) is 3.91. The quantitative estimate of drug-likeness (QED) is 0.150. The van der Waals surface area contributed by atoms with E-state index in [9.17, 15) is 19.2 Å². The lowest BCUT2D eigenvalue weighted by molar-refractivity contribution is -0.141. The number of carbonyl (C=O) groups excluding carboxylic acids is 4. The fourth-order valence-corrected chi connectivity index (χ4v) is 8.30. The topological polar surface area (TPSA) is 127 Å². The van der Waals surface area contributed by atoms with Crippen molar-refractivity contribution in [3.63, 3.8) is 0 Å². The summed E-state index contributed by atoms with van der Waals surface area (Å²) in [6, 6.07) is 20.7. The Labute approximate surface area is 336 Å². The third kappa shape index (κ3) is 13.1. The number of benzene rings is 2. The smallest absolute Gasteiger partial charge is 0.407 e. The van der Waals surface area contributed by atoms with Crippen molar-refractivity contribution in [2.45, 2.75) is 118 Å². The molecule has 11 heteroatoms. The number of Topliss-reactive ketones (excluding diaryl/α,β-unsaturated/α-hetero) is 1.